The molecule has 10 rings (SSSR count). The van der Waals surface area contributed by atoms with Gasteiger partial charge in [-0.3, -0.25) is 0 Å². The molecule has 0 amide bonds. The number of benzene rings is 5. The van der Waals surface area contributed by atoms with E-state index >= 15 is 0 Å². The zero-order valence-corrected chi connectivity index (χ0v) is 28.0. The van der Waals surface area contributed by atoms with Crippen LogP contribution in [-0.2, 0) is 0 Å². The smallest absolute Gasteiger partial charge is 0.0541 e. The van der Waals surface area contributed by atoms with Crippen LogP contribution in [0.2, 0.25) is 0 Å². The van der Waals surface area contributed by atoms with E-state index in [0.29, 0.717) is 5.92 Å². The molecule has 0 spiro atoms. The van der Waals surface area contributed by atoms with Crippen molar-refractivity contribution in [3.8, 4) is 11.4 Å². The average molecular weight is 643 g/mol. The minimum absolute atomic E-state index is 0.263. The number of nitrogens with zero attached hydrogens (tertiary/aromatic N) is 2. The molecule has 0 aliphatic heterocycles. The molecule has 3 atom stereocenters. The van der Waals surface area contributed by atoms with E-state index in [0.717, 1.165) is 19.3 Å². The van der Waals surface area contributed by atoms with Crippen LogP contribution in [0.3, 0.4) is 0 Å². The van der Waals surface area contributed by atoms with Gasteiger partial charge in [-0.2, -0.15) is 0 Å². The largest absolute Gasteiger partial charge is 0.310 e. The third kappa shape index (κ3) is 4.63. The molecule has 2 heterocycles. The Hall–Kier alpha value is -5.86. The fraction of sp³-hybridized carbons (Fsp3) is 0.125. The highest BCUT2D eigenvalue weighted by Crippen LogP contribution is 2.44. The van der Waals surface area contributed by atoms with Gasteiger partial charge in [0.25, 0.3) is 0 Å². The molecule has 240 valence electrons. The predicted molar refractivity (Wildman–Crippen MR) is 210 cm³/mol. The first-order valence-corrected chi connectivity index (χ1v) is 18.0. The molecule has 0 fully saturated rings. The van der Waals surface area contributed by atoms with Crippen molar-refractivity contribution in [2.24, 2.45) is 11.8 Å². The lowest BCUT2D eigenvalue weighted by Gasteiger charge is -2.33. The van der Waals surface area contributed by atoms with E-state index < -0.39 is 0 Å². The SMILES string of the molecule is C1=CC(C2=CCCC=C2C2C=c3c(n(-c4ccccc4)c4ccccc34)=CC2)C(c2ccc3c(c2)c2ccccc2n3-c2ccccc2)C=C1. The summed E-state index contributed by atoms with van der Waals surface area (Å²) < 4.78 is 4.85. The lowest BCUT2D eigenvalue weighted by atomic mass is 9.71. The van der Waals surface area contributed by atoms with Gasteiger partial charge in [-0.25, -0.2) is 0 Å². The van der Waals surface area contributed by atoms with E-state index in [-0.39, 0.29) is 11.8 Å². The highest BCUT2D eigenvalue weighted by atomic mass is 15.0. The molecule has 3 unspecified atom stereocenters. The van der Waals surface area contributed by atoms with E-state index in [1.165, 1.54) is 71.4 Å². The summed E-state index contributed by atoms with van der Waals surface area (Å²) >= 11 is 0. The molecule has 3 aliphatic rings. The first-order chi connectivity index (χ1) is 24.8. The van der Waals surface area contributed by atoms with Gasteiger partial charge in [0.15, 0.2) is 0 Å². The minimum Gasteiger partial charge on any atom is -0.310 e. The van der Waals surface area contributed by atoms with Gasteiger partial charge in [0.05, 0.1) is 16.6 Å². The quantitative estimate of drug-likeness (QED) is 0.177. The van der Waals surface area contributed by atoms with Gasteiger partial charge >= 0.3 is 0 Å². The Morgan fingerprint density at radius 1 is 0.480 bits per heavy atom. The van der Waals surface area contributed by atoms with Crippen molar-refractivity contribution in [1.82, 2.24) is 9.13 Å². The molecule has 0 radical (unpaired) electrons. The Labute approximate surface area is 292 Å². The molecule has 0 N–H and O–H groups in total. The van der Waals surface area contributed by atoms with Crippen LogP contribution in [0.15, 0.2) is 175 Å². The fourth-order valence-electron chi connectivity index (χ4n) is 8.92. The topological polar surface area (TPSA) is 9.86 Å². The first-order valence-electron chi connectivity index (χ1n) is 18.0. The molecule has 0 saturated carbocycles. The Bertz CT molecular complexity index is 2680. The van der Waals surface area contributed by atoms with Crippen molar-refractivity contribution in [3.63, 3.8) is 0 Å². The van der Waals surface area contributed by atoms with Crippen LogP contribution >= 0.6 is 0 Å². The van der Waals surface area contributed by atoms with Crippen molar-refractivity contribution in [2.45, 2.75) is 25.2 Å². The Kier molecular flexibility index (Phi) is 6.94. The summed E-state index contributed by atoms with van der Waals surface area (Å²) in [5.41, 5.74) is 10.6. The Morgan fingerprint density at radius 2 is 1.08 bits per heavy atom. The van der Waals surface area contributed by atoms with Crippen LogP contribution in [0.25, 0.3) is 56.2 Å². The number of rotatable bonds is 5. The zero-order chi connectivity index (χ0) is 33.0. The summed E-state index contributed by atoms with van der Waals surface area (Å²) in [7, 11) is 0. The second-order valence-electron chi connectivity index (χ2n) is 13.9. The molecule has 0 bridgehead atoms. The number of fused-ring (bicyclic) bond motifs is 6. The Morgan fingerprint density at radius 3 is 1.84 bits per heavy atom. The van der Waals surface area contributed by atoms with E-state index in [4.69, 9.17) is 0 Å². The lowest BCUT2D eigenvalue weighted by Crippen LogP contribution is -2.33. The van der Waals surface area contributed by atoms with Gasteiger partial charge in [0.2, 0.25) is 0 Å². The molecular weight excluding hydrogens is 605 g/mol. The van der Waals surface area contributed by atoms with Crippen molar-refractivity contribution < 1.29 is 0 Å². The fourth-order valence-corrected chi connectivity index (χ4v) is 8.92. The summed E-state index contributed by atoms with van der Waals surface area (Å²) in [5.74, 6) is 0.890. The van der Waals surface area contributed by atoms with Gasteiger partial charge in [-0.15, -0.1) is 0 Å². The van der Waals surface area contributed by atoms with E-state index in [1.54, 1.807) is 0 Å². The first kappa shape index (κ1) is 29.1. The van der Waals surface area contributed by atoms with Gasteiger partial charge in [0.1, 0.15) is 0 Å². The number of hydrogen-bond acceptors (Lipinski definition) is 0. The summed E-state index contributed by atoms with van der Waals surface area (Å²) in [4.78, 5) is 0. The van der Waals surface area contributed by atoms with Crippen molar-refractivity contribution in [1.29, 1.82) is 0 Å². The normalized spacial score (nSPS) is 20.0. The lowest BCUT2D eigenvalue weighted by molar-refractivity contribution is 0.638. The zero-order valence-electron chi connectivity index (χ0n) is 28.0. The van der Waals surface area contributed by atoms with Gasteiger partial charge in [-0.05, 0) is 84.5 Å². The maximum atomic E-state index is 2.57. The van der Waals surface area contributed by atoms with Crippen LogP contribution in [0, 0.1) is 11.8 Å². The van der Waals surface area contributed by atoms with E-state index in [9.17, 15) is 0 Å². The van der Waals surface area contributed by atoms with Crippen molar-refractivity contribution in [3.05, 3.63) is 191 Å². The molecule has 2 aromatic heterocycles. The monoisotopic (exact) mass is 642 g/mol. The predicted octanol–water partition coefficient (Wildman–Crippen LogP) is 10.5. The van der Waals surface area contributed by atoms with Crippen LogP contribution < -0.4 is 10.6 Å². The van der Waals surface area contributed by atoms with Crippen LogP contribution in [0.4, 0.5) is 0 Å². The van der Waals surface area contributed by atoms with Crippen LogP contribution in [-0.4, -0.2) is 9.13 Å². The molecule has 7 aromatic rings. The molecule has 0 saturated heterocycles. The third-order valence-corrected chi connectivity index (χ3v) is 11.1. The van der Waals surface area contributed by atoms with E-state index in [1.807, 2.05) is 0 Å². The van der Waals surface area contributed by atoms with Crippen molar-refractivity contribution >= 4 is 44.9 Å². The summed E-state index contributed by atoms with van der Waals surface area (Å²) in [5, 5.41) is 6.62. The van der Waals surface area contributed by atoms with Gasteiger partial charge in [0, 0.05) is 55.9 Å². The molecule has 3 aliphatic carbocycles. The summed E-state index contributed by atoms with van der Waals surface area (Å²) in [6.07, 6.45) is 22.7. The standard InChI is InChI=1S/C48H38N2/c1-3-15-35(16-4-1)49-45-25-13-11-23-41(45)43-31-33(27-29-47(43)49)37-19-7-9-21-39(37)40-22-10-8-20-38(40)34-28-30-48-44(32-34)42-24-12-14-26-46(42)50(48)36-17-5-2-6-18-36/h1-7,9,11-27,29-32,34,37,39H,8,10,28H2. The van der Waals surface area contributed by atoms with Crippen LogP contribution in [0.5, 0.6) is 0 Å². The van der Waals surface area contributed by atoms with Crippen LogP contribution in [0.1, 0.15) is 30.7 Å². The van der Waals surface area contributed by atoms with Gasteiger partial charge in [-0.1, -0.05) is 127 Å². The molecular formula is C48H38N2. The number of para-hydroxylation sites is 4. The number of aromatic nitrogens is 2. The highest BCUT2D eigenvalue weighted by molar-refractivity contribution is 6.09. The van der Waals surface area contributed by atoms with Gasteiger partial charge < -0.3 is 9.13 Å². The maximum Gasteiger partial charge on any atom is 0.0541 e. The van der Waals surface area contributed by atoms with Crippen molar-refractivity contribution in [2.75, 3.05) is 0 Å². The molecule has 50 heavy (non-hydrogen) atoms. The molecule has 2 heteroatoms. The van der Waals surface area contributed by atoms with E-state index in [2.05, 4.69) is 185 Å². The minimum atomic E-state index is 0.263. The number of allylic oxidation sites excluding steroid dienone is 8. The highest BCUT2D eigenvalue weighted by Gasteiger charge is 2.30. The molecule has 2 nitrogen and oxygen atoms in total. The second kappa shape index (κ2) is 11.9. The summed E-state index contributed by atoms with van der Waals surface area (Å²) in [6.45, 7) is 0. The maximum absolute atomic E-state index is 2.57. The number of hydrogen-bond donors (Lipinski definition) is 0. The Balaban J connectivity index is 1.05. The molecule has 5 aromatic carbocycles. The average Bonchev–Trinajstić information content (AvgIpc) is 3.71. The third-order valence-electron chi connectivity index (χ3n) is 11.1. The summed E-state index contributed by atoms with van der Waals surface area (Å²) in [6, 6.07) is 46.5. The second-order valence-corrected chi connectivity index (χ2v) is 13.9.